The number of anilines is 1. The fourth-order valence-corrected chi connectivity index (χ4v) is 2.65. The first kappa shape index (κ1) is 15.5. The molecule has 0 spiro atoms. The van der Waals surface area contributed by atoms with Gasteiger partial charge in [-0.25, -0.2) is 0 Å². The third-order valence-electron chi connectivity index (χ3n) is 3.40. The van der Waals surface area contributed by atoms with Gasteiger partial charge in [0, 0.05) is 13.1 Å². The van der Waals surface area contributed by atoms with Crippen molar-refractivity contribution >= 4 is 17.3 Å². The quantitative estimate of drug-likeness (QED) is 0.790. The highest BCUT2D eigenvalue weighted by molar-refractivity contribution is 6.35. The molecule has 0 unspecified atom stereocenters. The molecule has 21 heavy (non-hydrogen) atoms. The summed E-state index contributed by atoms with van der Waals surface area (Å²) in [6.07, 6.45) is 0. The van der Waals surface area contributed by atoms with Crippen LogP contribution in [0.1, 0.15) is 12.5 Å². The molecule has 2 aromatic rings. The van der Waals surface area contributed by atoms with Crippen LogP contribution in [-0.4, -0.2) is 20.8 Å². The van der Waals surface area contributed by atoms with Crippen molar-refractivity contribution in [3.63, 3.8) is 0 Å². The Kier molecular flexibility index (Phi) is 5.34. The molecule has 0 fully saturated rings. The average Bonchev–Trinajstić information content (AvgIpc) is 2.53. The second-order valence-electron chi connectivity index (χ2n) is 4.63. The molecule has 0 saturated carbocycles. The third kappa shape index (κ3) is 3.42. The Morgan fingerprint density at radius 3 is 2.29 bits per heavy atom. The van der Waals surface area contributed by atoms with E-state index in [1.807, 2.05) is 30.3 Å². The molecule has 3 nitrogen and oxygen atoms in total. The van der Waals surface area contributed by atoms with Gasteiger partial charge in [0.25, 0.3) is 0 Å². The minimum absolute atomic E-state index is 0.572. The van der Waals surface area contributed by atoms with Gasteiger partial charge in [0.1, 0.15) is 5.02 Å². The Bertz CT molecular complexity index is 587. The zero-order valence-corrected chi connectivity index (χ0v) is 13.4. The van der Waals surface area contributed by atoms with Crippen molar-refractivity contribution in [1.29, 1.82) is 0 Å². The third-order valence-corrected chi connectivity index (χ3v) is 3.77. The fourth-order valence-electron chi connectivity index (χ4n) is 2.29. The number of benzene rings is 2. The Morgan fingerprint density at radius 2 is 1.71 bits per heavy atom. The molecule has 0 atom stereocenters. The summed E-state index contributed by atoms with van der Waals surface area (Å²) in [7, 11) is 3.20. The lowest BCUT2D eigenvalue weighted by Gasteiger charge is -2.25. The van der Waals surface area contributed by atoms with Gasteiger partial charge in [0.2, 0.25) is 0 Å². The maximum absolute atomic E-state index is 6.49. The minimum Gasteiger partial charge on any atom is -0.493 e. The molecule has 0 aliphatic heterocycles. The van der Waals surface area contributed by atoms with Crippen molar-refractivity contribution < 1.29 is 9.47 Å². The highest BCUT2D eigenvalue weighted by Crippen LogP contribution is 2.41. The summed E-state index contributed by atoms with van der Waals surface area (Å²) >= 11 is 6.49. The van der Waals surface area contributed by atoms with Crippen molar-refractivity contribution in [2.75, 3.05) is 25.7 Å². The Morgan fingerprint density at radius 1 is 1.00 bits per heavy atom. The van der Waals surface area contributed by atoms with Crippen LogP contribution < -0.4 is 14.4 Å². The van der Waals surface area contributed by atoms with E-state index in [0.717, 1.165) is 18.8 Å². The number of rotatable bonds is 6. The molecule has 0 aliphatic carbocycles. The monoisotopic (exact) mass is 305 g/mol. The molecule has 0 bridgehead atoms. The van der Waals surface area contributed by atoms with Crippen molar-refractivity contribution in [3.8, 4) is 11.5 Å². The van der Waals surface area contributed by atoms with Crippen LogP contribution in [0.2, 0.25) is 5.02 Å². The van der Waals surface area contributed by atoms with Crippen LogP contribution in [0, 0.1) is 0 Å². The molecule has 0 aromatic heterocycles. The zero-order chi connectivity index (χ0) is 15.2. The summed E-state index contributed by atoms with van der Waals surface area (Å²) < 4.78 is 10.6. The Hall–Kier alpha value is -1.87. The summed E-state index contributed by atoms with van der Waals surface area (Å²) in [4.78, 5) is 2.21. The van der Waals surface area contributed by atoms with E-state index in [9.17, 15) is 0 Å². The summed E-state index contributed by atoms with van der Waals surface area (Å²) in [5.74, 6) is 1.21. The molecule has 0 radical (unpaired) electrons. The first-order valence-electron chi connectivity index (χ1n) is 6.90. The zero-order valence-electron chi connectivity index (χ0n) is 12.6. The number of hydrogen-bond acceptors (Lipinski definition) is 3. The first-order chi connectivity index (χ1) is 10.2. The van der Waals surface area contributed by atoms with E-state index in [1.165, 1.54) is 5.56 Å². The Balaban J connectivity index is 2.34. The summed E-state index contributed by atoms with van der Waals surface area (Å²) in [6.45, 7) is 3.76. The smallest absolute Gasteiger partial charge is 0.181 e. The van der Waals surface area contributed by atoms with Crippen LogP contribution in [0.15, 0.2) is 42.5 Å². The molecule has 2 rings (SSSR count). The van der Waals surface area contributed by atoms with Crippen LogP contribution in [0.5, 0.6) is 11.5 Å². The van der Waals surface area contributed by atoms with E-state index in [1.54, 1.807) is 14.2 Å². The molecule has 0 heterocycles. The van der Waals surface area contributed by atoms with Crippen molar-refractivity contribution in [1.82, 2.24) is 0 Å². The normalized spacial score (nSPS) is 10.3. The maximum atomic E-state index is 6.49. The topological polar surface area (TPSA) is 21.7 Å². The number of hydrogen-bond donors (Lipinski definition) is 0. The van der Waals surface area contributed by atoms with Crippen molar-refractivity contribution in [3.05, 3.63) is 53.1 Å². The standard InChI is InChI=1S/C17H20ClNO2/c1-4-19(12-13-8-6-5-7-9-13)14-10-11-15(20-2)17(21-3)16(14)18/h5-11H,4,12H2,1-3H3. The van der Waals surface area contributed by atoms with Gasteiger partial charge in [-0.2, -0.15) is 0 Å². The molecule has 0 aliphatic rings. The molecular formula is C17H20ClNO2. The van der Waals surface area contributed by atoms with Gasteiger partial charge >= 0.3 is 0 Å². The van der Waals surface area contributed by atoms with Crippen LogP contribution in [0.4, 0.5) is 5.69 Å². The van der Waals surface area contributed by atoms with E-state index in [2.05, 4.69) is 24.0 Å². The van der Waals surface area contributed by atoms with Gasteiger partial charge in [-0.15, -0.1) is 0 Å². The lowest BCUT2D eigenvalue weighted by Crippen LogP contribution is -2.22. The average molecular weight is 306 g/mol. The fraction of sp³-hybridized carbons (Fsp3) is 0.294. The van der Waals surface area contributed by atoms with Gasteiger partial charge in [-0.05, 0) is 24.6 Å². The number of ether oxygens (including phenoxy) is 2. The number of nitrogens with zero attached hydrogens (tertiary/aromatic N) is 1. The van der Waals surface area contributed by atoms with E-state index in [0.29, 0.717) is 16.5 Å². The van der Waals surface area contributed by atoms with E-state index in [4.69, 9.17) is 21.1 Å². The molecule has 112 valence electrons. The summed E-state index contributed by atoms with van der Waals surface area (Å²) in [5, 5.41) is 0.578. The number of halogens is 1. The lowest BCUT2D eigenvalue weighted by molar-refractivity contribution is 0.355. The molecule has 0 N–H and O–H groups in total. The van der Waals surface area contributed by atoms with E-state index < -0.39 is 0 Å². The van der Waals surface area contributed by atoms with Crippen molar-refractivity contribution in [2.45, 2.75) is 13.5 Å². The first-order valence-corrected chi connectivity index (χ1v) is 7.28. The summed E-state index contributed by atoms with van der Waals surface area (Å²) in [6, 6.07) is 14.2. The summed E-state index contributed by atoms with van der Waals surface area (Å²) in [5.41, 5.74) is 2.19. The van der Waals surface area contributed by atoms with Crippen LogP contribution in [-0.2, 0) is 6.54 Å². The highest BCUT2D eigenvalue weighted by Gasteiger charge is 2.17. The molecular weight excluding hydrogens is 286 g/mol. The maximum Gasteiger partial charge on any atom is 0.181 e. The van der Waals surface area contributed by atoms with Gasteiger partial charge in [-0.3, -0.25) is 0 Å². The predicted octanol–water partition coefficient (Wildman–Crippen LogP) is 4.38. The SMILES string of the molecule is CCN(Cc1ccccc1)c1ccc(OC)c(OC)c1Cl. The molecule has 4 heteroatoms. The molecule has 0 saturated heterocycles. The lowest BCUT2D eigenvalue weighted by atomic mass is 10.2. The van der Waals surface area contributed by atoms with Gasteiger partial charge in [0.15, 0.2) is 11.5 Å². The van der Waals surface area contributed by atoms with Crippen LogP contribution in [0.25, 0.3) is 0 Å². The van der Waals surface area contributed by atoms with E-state index in [-0.39, 0.29) is 0 Å². The Labute approximate surface area is 131 Å². The largest absolute Gasteiger partial charge is 0.493 e. The predicted molar refractivity (Wildman–Crippen MR) is 87.7 cm³/mol. The van der Waals surface area contributed by atoms with Crippen molar-refractivity contribution in [2.24, 2.45) is 0 Å². The second-order valence-corrected chi connectivity index (χ2v) is 5.01. The van der Waals surface area contributed by atoms with Gasteiger partial charge in [0.05, 0.1) is 19.9 Å². The van der Waals surface area contributed by atoms with Crippen LogP contribution in [0.3, 0.4) is 0 Å². The molecule has 2 aromatic carbocycles. The highest BCUT2D eigenvalue weighted by atomic mass is 35.5. The van der Waals surface area contributed by atoms with Gasteiger partial charge in [-0.1, -0.05) is 41.9 Å². The molecule has 0 amide bonds. The minimum atomic E-state index is 0.572. The van der Waals surface area contributed by atoms with Crippen LogP contribution >= 0.6 is 11.6 Å². The second kappa shape index (κ2) is 7.23. The number of methoxy groups -OCH3 is 2. The van der Waals surface area contributed by atoms with Gasteiger partial charge < -0.3 is 14.4 Å². The van der Waals surface area contributed by atoms with E-state index >= 15 is 0 Å².